The molecule has 1 amide bonds. The van der Waals surface area contributed by atoms with Gasteiger partial charge in [-0.1, -0.05) is 12.1 Å². The molecule has 1 fully saturated rings. The molecule has 0 bridgehead atoms. The number of rotatable bonds is 4. The van der Waals surface area contributed by atoms with Gasteiger partial charge in [0.05, 0.1) is 5.69 Å². The quantitative estimate of drug-likeness (QED) is 0.770. The fraction of sp³-hybridized carbons (Fsp3) is 0.375. The number of aromatic nitrogens is 2. The van der Waals surface area contributed by atoms with Crippen molar-refractivity contribution in [2.75, 3.05) is 24.7 Å². The minimum atomic E-state index is -3.52. The average molecular weight is 348 g/mol. The highest BCUT2D eigenvalue weighted by molar-refractivity contribution is 7.92. The number of hydrogen-bond acceptors (Lipinski definition) is 5. The summed E-state index contributed by atoms with van der Waals surface area (Å²) < 4.78 is 23.1. The van der Waals surface area contributed by atoms with Gasteiger partial charge in [-0.3, -0.25) is 9.89 Å². The number of hydrogen-bond donors (Lipinski definition) is 3. The Hall–Kier alpha value is -2.19. The van der Waals surface area contributed by atoms with Crippen molar-refractivity contribution in [2.24, 2.45) is 0 Å². The van der Waals surface area contributed by atoms with Crippen LogP contribution in [-0.2, 0) is 14.6 Å². The molecule has 0 radical (unpaired) electrons. The lowest BCUT2D eigenvalue weighted by molar-refractivity contribution is -0.119. The van der Waals surface area contributed by atoms with Gasteiger partial charge in [-0.2, -0.15) is 5.10 Å². The lowest BCUT2D eigenvalue weighted by Crippen LogP contribution is -2.55. The third-order valence-electron chi connectivity index (χ3n) is 4.49. The third kappa shape index (κ3) is 3.07. The van der Waals surface area contributed by atoms with Crippen LogP contribution in [0.15, 0.2) is 36.5 Å². The lowest BCUT2D eigenvalue weighted by atomic mass is 9.95. The third-order valence-corrected chi connectivity index (χ3v) is 6.50. The van der Waals surface area contributed by atoms with E-state index < -0.39 is 20.5 Å². The number of anilines is 1. The highest BCUT2D eigenvalue weighted by Gasteiger charge is 2.48. The second-order valence-electron chi connectivity index (χ2n) is 6.02. The van der Waals surface area contributed by atoms with Crippen LogP contribution >= 0.6 is 0 Å². The minimum Gasteiger partial charge on any atom is -0.325 e. The molecule has 0 unspecified atom stereocenters. The van der Waals surface area contributed by atoms with Crippen LogP contribution in [0.1, 0.15) is 12.8 Å². The Balaban J connectivity index is 1.80. The number of carbonyl (C=O) groups is 1. The van der Waals surface area contributed by atoms with Crippen molar-refractivity contribution in [2.45, 2.75) is 17.6 Å². The summed E-state index contributed by atoms with van der Waals surface area (Å²) in [7, 11) is -3.52. The molecule has 1 aromatic carbocycles. The van der Waals surface area contributed by atoms with Gasteiger partial charge in [-0.05, 0) is 49.7 Å². The smallest absolute Gasteiger partial charge is 0.245 e. The zero-order chi connectivity index (χ0) is 17.2. The predicted molar refractivity (Wildman–Crippen MR) is 92.3 cm³/mol. The van der Waals surface area contributed by atoms with Crippen molar-refractivity contribution < 1.29 is 13.2 Å². The van der Waals surface area contributed by atoms with Gasteiger partial charge in [0.15, 0.2) is 14.6 Å². The van der Waals surface area contributed by atoms with E-state index in [1.807, 2.05) is 18.2 Å². The number of H-pyrrole nitrogens is 1. The first-order valence-corrected chi connectivity index (χ1v) is 9.63. The van der Waals surface area contributed by atoms with E-state index in [2.05, 4.69) is 20.8 Å². The maximum Gasteiger partial charge on any atom is 0.245 e. The van der Waals surface area contributed by atoms with Gasteiger partial charge in [0, 0.05) is 18.1 Å². The van der Waals surface area contributed by atoms with Crippen molar-refractivity contribution in [3.8, 4) is 11.3 Å². The monoisotopic (exact) mass is 348 g/mol. The highest BCUT2D eigenvalue weighted by Crippen LogP contribution is 2.29. The van der Waals surface area contributed by atoms with Crippen LogP contribution in [0.3, 0.4) is 0 Å². The second-order valence-corrected chi connectivity index (χ2v) is 8.34. The molecular weight excluding hydrogens is 328 g/mol. The molecule has 7 nitrogen and oxygen atoms in total. The van der Waals surface area contributed by atoms with Gasteiger partial charge in [0.2, 0.25) is 5.91 Å². The maximum absolute atomic E-state index is 12.7. The summed E-state index contributed by atoms with van der Waals surface area (Å²) in [6.45, 7) is 1.03. The van der Waals surface area contributed by atoms with Gasteiger partial charge in [-0.25, -0.2) is 8.42 Å². The van der Waals surface area contributed by atoms with E-state index in [9.17, 15) is 13.2 Å². The molecule has 2 aromatic rings. The Bertz CT molecular complexity index is 808. The molecule has 2 heterocycles. The van der Waals surface area contributed by atoms with Gasteiger partial charge >= 0.3 is 0 Å². The van der Waals surface area contributed by atoms with Crippen LogP contribution in [-0.4, -0.2) is 48.6 Å². The summed E-state index contributed by atoms with van der Waals surface area (Å²) in [5, 5.41) is 12.6. The number of aromatic amines is 1. The average Bonchev–Trinajstić information content (AvgIpc) is 3.09. The highest BCUT2D eigenvalue weighted by atomic mass is 32.2. The fourth-order valence-electron chi connectivity index (χ4n) is 2.99. The molecule has 3 rings (SSSR count). The first-order valence-electron chi connectivity index (χ1n) is 7.74. The van der Waals surface area contributed by atoms with E-state index in [0.29, 0.717) is 18.8 Å². The Morgan fingerprint density at radius 3 is 2.38 bits per heavy atom. The number of carbonyl (C=O) groups excluding carboxylic acids is 1. The molecule has 1 aliphatic heterocycles. The molecule has 0 saturated carbocycles. The SMILES string of the molecule is CS(=O)(=O)C1(C(=O)Nc2ccc(-c3ccn[nH]3)cc2)CCNCC1. The normalized spacial score (nSPS) is 17.4. The molecule has 24 heavy (non-hydrogen) atoms. The summed E-state index contributed by atoms with van der Waals surface area (Å²) in [5.74, 6) is -0.458. The molecule has 3 N–H and O–H groups in total. The van der Waals surface area contributed by atoms with Crippen molar-refractivity contribution >= 4 is 21.4 Å². The predicted octanol–water partition coefficient (Wildman–Crippen LogP) is 1.18. The molecule has 1 aliphatic rings. The first kappa shape index (κ1) is 16.7. The second kappa shape index (κ2) is 6.37. The van der Waals surface area contributed by atoms with Crippen molar-refractivity contribution in [1.29, 1.82) is 0 Å². The van der Waals surface area contributed by atoms with E-state index in [4.69, 9.17) is 0 Å². The fourth-order valence-corrected chi connectivity index (χ4v) is 4.33. The number of benzene rings is 1. The zero-order valence-corrected chi connectivity index (χ0v) is 14.2. The van der Waals surface area contributed by atoms with E-state index in [-0.39, 0.29) is 12.8 Å². The number of amides is 1. The molecule has 1 aromatic heterocycles. The molecular formula is C16H20N4O3S. The van der Waals surface area contributed by atoms with Crippen LogP contribution in [0.25, 0.3) is 11.3 Å². The first-order chi connectivity index (χ1) is 11.4. The number of nitrogens with one attached hydrogen (secondary N) is 3. The molecule has 8 heteroatoms. The van der Waals surface area contributed by atoms with Crippen LogP contribution < -0.4 is 10.6 Å². The summed E-state index contributed by atoms with van der Waals surface area (Å²) in [6.07, 6.45) is 3.37. The summed E-state index contributed by atoms with van der Waals surface area (Å²) >= 11 is 0. The van der Waals surface area contributed by atoms with Crippen LogP contribution in [0.2, 0.25) is 0 Å². The molecule has 0 spiro atoms. The van der Waals surface area contributed by atoms with E-state index in [0.717, 1.165) is 17.5 Å². The van der Waals surface area contributed by atoms with Crippen molar-refractivity contribution in [3.63, 3.8) is 0 Å². The largest absolute Gasteiger partial charge is 0.325 e. The Labute approximate surface area is 140 Å². The minimum absolute atomic E-state index is 0.282. The van der Waals surface area contributed by atoms with Crippen LogP contribution in [0, 0.1) is 0 Å². The van der Waals surface area contributed by atoms with Crippen LogP contribution in [0.5, 0.6) is 0 Å². The van der Waals surface area contributed by atoms with Gasteiger partial charge < -0.3 is 10.6 Å². The van der Waals surface area contributed by atoms with Gasteiger partial charge in [0.25, 0.3) is 0 Å². The molecule has 0 atom stereocenters. The number of piperidine rings is 1. The summed E-state index contributed by atoms with van der Waals surface area (Å²) in [4.78, 5) is 12.7. The Morgan fingerprint density at radius 2 is 1.83 bits per heavy atom. The Kier molecular flexibility index (Phi) is 4.42. The standard InChI is InChI=1S/C16H20N4O3S/c1-24(22,23)16(7-10-17-11-8-16)15(21)19-13-4-2-12(3-5-13)14-6-9-18-20-14/h2-6,9,17H,7-8,10-11H2,1H3,(H,18,20)(H,19,21). The van der Waals surface area contributed by atoms with Crippen LogP contribution in [0.4, 0.5) is 5.69 Å². The van der Waals surface area contributed by atoms with Crippen molar-refractivity contribution in [1.82, 2.24) is 15.5 Å². The molecule has 0 aliphatic carbocycles. The maximum atomic E-state index is 12.7. The number of sulfone groups is 1. The van der Waals surface area contributed by atoms with E-state index in [1.165, 1.54) is 0 Å². The van der Waals surface area contributed by atoms with E-state index in [1.54, 1.807) is 18.3 Å². The molecule has 1 saturated heterocycles. The summed E-state index contributed by atoms with van der Waals surface area (Å²) in [5.41, 5.74) is 2.38. The van der Waals surface area contributed by atoms with Gasteiger partial charge in [-0.15, -0.1) is 0 Å². The molecule has 128 valence electrons. The van der Waals surface area contributed by atoms with Gasteiger partial charge in [0.1, 0.15) is 0 Å². The Morgan fingerprint density at radius 1 is 1.17 bits per heavy atom. The van der Waals surface area contributed by atoms with Crippen molar-refractivity contribution in [3.05, 3.63) is 36.5 Å². The summed E-state index contributed by atoms with van der Waals surface area (Å²) in [6, 6.07) is 9.05. The topological polar surface area (TPSA) is 104 Å². The lowest BCUT2D eigenvalue weighted by Gasteiger charge is -2.34. The zero-order valence-electron chi connectivity index (χ0n) is 13.4. The van der Waals surface area contributed by atoms with E-state index >= 15 is 0 Å². The number of nitrogens with zero attached hydrogens (tertiary/aromatic N) is 1.